The van der Waals surface area contributed by atoms with Crippen LogP contribution < -0.4 is 0 Å². The molecule has 2 aromatic heterocycles. The SMILES string of the molecule is Cc1ccccc1Cc1nc(CN2CC[C@H](C)C[C@H]2c2ccco2)no1. The Kier molecular flexibility index (Phi) is 4.89. The summed E-state index contributed by atoms with van der Waals surface area (Å²) in [5.41, 5.74) is 2.47. The molecule has 5 nitrogen and oxygen atoms in total. The molecule has 1 fully saturated rings. The van der Waals surface area contributed by atoms with Crippen LogP contribution in [0.1, 0.15) is 54.4 Å². The molecule has 136 valence electrons. The summed E-state index contributed by atoms with van der Waals surface area (Å²) < 4.78 is 11.2. The van der Waals surface area contributed by atoms with Gasteiger partial charge >= 0.3 is 0 Å². The highest BCUT2D eigenvalue weighted by Crippen LogP contribution is 2.35. The number of likely N-dealkylation sites (tertiary alicyclic amines) is 1. The standard InChI is InChI=1S/C21H25N3O2/c1-15-9-10-24(18(12-15)19-8-5-11-25-19)14-20-22-21(26-23-20)13-17-7-4-3-6-16(17)2/h3-8,11,15,18H,9-10,12-14H2,1-2H3/t15-,18-/m0/s1. The highest BCUT2D eigenvalue weighted by atomic mass is 16.5. The second kappa shape index (κ2) is 7.46. The predicted molar refractivity (Wildman–Crippen MR) is 98.5 cm³/mol. The van der Waals surface area contributed by atoms with E-state index in [9.17, 15) is 0 Å². The second-order valence-electron chi connectivity index (χ2n) is 7.34. The van der Waals surface area contributed by atoms with Gasteiger partial charge in [0.15, 0.2) is 5.82 Å². The van der Waals surface area contributed by atoms with Crippen LogP contribution in [-0.4, -0.2) is 21.6 Å². The molecular formula is C21H25N3O2. The number of hydrogen-bond donors (Lipinski definition) is 0. The third-order valence-corrected chi connectivity index (χ3v) is 5.30. The van der Waals surface area contributed by atoms with E-state index in [1.165, 1.54) is 17.5 Å². The van der Waals surface area contributed by atoms with Gasteiger partial charge in [-0.2, -0.15) is 4.98 Å². The van der Waals surface area contributed by atoms with Crippen molar-refractivity contribution in [1.29, 1.82) is 0 Å². The first-order valence-electron chi connectivity index (χ1n) is 9.32. The molecule has 0 bridgehead atoms. The maximum absolute atomic E-state index is 5.68. The van der Waals surface area contributed by atoms with Crippen LogP contribution in [0, 0.1) is 12.8 Å². The van der Waals surface area contributed by atoms with Gasteiger partial charge in [0.05, 0.1) is 25.3 Å². The summed E-state index contributed by atoms with van der Waals surface area (Å²) in [6.07, 6.45) is 4.71. The Hall–Kier alpha value is -2.40. The summed E-state index contributed by atoms with van der Waals surface area (Å²) in [5, 5.41) is 4.21. The van der Waals surface area contributed by atoms with E-state index < -0.39 is 0 Å². The van der Waals surface area contributed by atoms with E-state index in [0.29, 0.717) is 24.8 Å². The smallest absolute Gasteiger partial charge is 0.231 e. The van der Waals surface area contributed by atoms with E-state index in [1.54, 1.807) is 6.26 Å². The maximum atomic E-state index is 5.68. The summed E-state index contributed by atoms with van der Waals surface area (Å²) >= 11 is 0. The molecule has 1 aliphatic rings. The molecule has 0 radical (unpaired) electrons. The van der Waals surface area contributed by atoms with E-state index in [1.807, 2.05) is 18.2 Å². The van der Waals surface area contributed by atoms with Gasteiger partial charge in [-0.05, 0) is 55.5 Å². The van der Waals surface area contributed by atoms with Gasteiger partial charge in [0.25, 0.3) is 0 Å². The molecule has 3 aromatic rings. The molecule has 0 aliphatic carbocycles. The molecule has 0 spiro atoms. The van der Waals surface area contributed by atoms with E-state index in [2.05, 4.69) is 47.1 Å². The quantitative estimate of drug-likeness (QED) is 0.676. The van der Waals surface area contributed by atoms with Gasteiger partial charge in [0.1, 0.15) is 5.76 Å². The fourth-order valence-electron chi connectivity index (χ4n) is 3.74. The van der Waals surface area contributed by atoms with Crippen LogP contribution in [0.5, 0.6) is 0 Å². The Morgan fingerprint density at radius 3 is 2.88 bits per heavy atom. The van der Waals surface area contributed by atoms with E-state index in [4.69, 9.17) is 8.94 Å². The summed E-state index contributed by atoms with van der Waals surface area (Å²) in [6, 6.07) is 12.6. The fourth-order valence-corrected chi connectivity index (χ4v) is 3.74. The number of benzene rings is 1. The molecule has 2 atom stereocenters. The molecular weight excluding hydrogens is 326 g/mol. The lowest BCUT2D eigenvalue weighted by Gasteiger charge is -2.36. The van der Waals surface area contributed by atoms with Crippen LogP contribution in [0.4, 0.5) is 0 Å². The minimum absolute atomic E-state index is 0.284. The van der Waals surface area contributed by atoms with Gasteiger partial charge in [-0.3, -0.25) is 4.90 Å². The molecule has 1 aromatic carbocycles. The first-order chi connectivity index (χ1) is 12.7. The van der Waals surface area contributed by atoms with Crippen LogP contribution in [-0.2, 0) is 13.0 Å². The summed E-state index contributed by atoms with van der Waals surface area (Å²) in [6.45, 7) is 6.13. The number of piperidine rings is 1. The zero-order valence-corrected chi connectivity index (χ0v) is 15.4. The molecule has 5 heteroatoms. The molecule has 0 amide bonds. The fraction of sp³-hybridized carbons (Fsp3) is 0.429. The third kappa shape index (κ3) is 3.73. The first-order valence-corrected chi connectivity index (χ1v) is 9.32. The van der Waals surface area contributed by atoms with Crippen molar-refractivity contribution < 1.29 is 8.94 Å². The first kappa shape index (κ1) is 17.0. The summed E-state index contributed by atoms with van der Waals surface area (Å²) in [5.74, 6) is 3.15. The van der Waals surface area contributed by atoms with Gasteiger partial charge < -0.3 is 8.94 Å². The largest absolute Gasteiger partial charge is 0.468 e. The van der Waals surface area contributed by atoms with Gasteiger partial charge in [-0.15, -0.1) is 0 Å². The number of furan rings is 1. The lowest BCUT2D eigenvalue weighted by Crippen LogP contribution is -2.35. The van der Waals surface area contributed by atoms with Crippen molar-refractivity contribution in [1.82, 2.24) is 15.0 Å². The average Bonchev–Trinajstić information content (AvgIpc) is 3.31. The topological polar surface area (TPSA) is 55.3 Å². The minimum Gasteiger partial charge on any atom is -0.468 e. The van der Waals surface area contributed by atoms with Crippen molar-refractivity contribution in [2.45, 2.75) is 45.7 Å². The zero-order valence-electron chi connectivity index (χ0n) is 15.4. The molecule has 26 heavy (non-hydrogen) atoms. The molecule has 0 N–H and O–H groups in total. The van der Waals surface area contributed by atoms with Crippen molar-refractivity contribution in [3.63, 3.8) is 0 Å². The lowest BCUT2D eigenvalue weighted by atomic mass is 9.91. The Bertz CT molecular complexity index is 841. The van der Waals surface area contributed by atoms with Crippen molar-refractivity contribution >= 4 is 0 Å². The van der Waals surface area contributed by atoms with Crippen LogP contribution in [0.25, 0.3) is 0 Å². The second-order valence-corrected chi connectivity index (χ2v) is 7.34. The highest BCUT2D eigenvalue weighted by Gasteiger charge is 2.30. The molecule has 0 saturated carbocycles. The van der Waals surface area contributed by atoms with E-state index >= 15 is 0 Å². The Labute approximate surface area is 154 Å². The van der Waals surface area contributed by atoms with E-state index in [0.717, 1.165) is 24.6 Å². The molecule has 1 saturated heterocycles. The zero-order chi connectivity index (χ0) is 17.9. The van der Waals surface area contributed by atoms with Crippen molar-refractivity contribution in [3.05, 3.63) is 71.3 Å². The van der Waals surface area contributed by atoms with Gasteiger partial charge in [0.2, 0.25) is 5.89 Å². The number of aryl methyl sites for hydroxylation is 1. The Balaban J connectivity index is 1.47. The third-order valence-electron chi connectivity index (χ3n) is 5.30. The van der Waals surface area contributed by atoms with Crippen molar-refractivity contribution in [2.75, 3.05) is 6.54 Å². The molecule has 3 heterocycles. The lowest BCUT2D eigenvalue weighted by molar-refractivity contribution is 0.0910. The van der Waals surface area contributed by atoms with Crippen molar-refractivity contribution in [2.24, 2.45) is 5.92 Å². The van der Waals surface area contributed by atoms with Gasteiger partial charge in [0, 0.05) is 0 Å². The number of nitrogens with zero attached hydrogens (tertiary/aromatic N) is 3. The Morgan fingerprint density at radius 1 is 1.19 bits per heavy atom. The number of aromatic nitrogens is 2. The summed E-state index contributed by atoms with van der Waals surface area (Å²) in [4.78, 5) is 7.03. The Morgan fingerprint density at radius 2 is 2.08 bits per heavy atom. The van der Waals surface area contributed by atoms with Crippen LogP contribution >= 0.6 is 0 Å². The summed E-state index contributed by atoms with van der Waals surface area (Å²) in [7, 11) is 0. The van der Waals surface area contributed by atoms with Gasteiger partial charge in [-0.25, -0.2) is 0 Å². The number of rotatable bonds is 5. The van der Waals surface area contributed by atoms with Gasteiger partial charge in [-0.1, -0.05) is 36.3 Å². The van der Waals surface area contributed by atoms with E-state index in [-0.39, 0.29) is 6.04 Å². The monoisotopic (exact) mass is 351 g/mol. The average molecular weight is 351 g/mol. The van der Waals surface area contributed by atoms with Crippen LogP contribution in [0.3, 0.4) is 0 Å². The molecule has 1 aliphatic heterocycles. The van der Waals surface area contributed by atoms with Crippen molar-refractivity contribution in [3.8, 4) is 0 Å². The van der Waals surface area contributed by atoms with Crippen LogP contribution in [0.2, 0.25) is 0 Å². The van der Waals surface area contributed by atoms with Crippen LogP contribution in [0.15, 0.2) is 51.6 Å². The number of hydrogen-bond acceptors (Lipinski definition) is 5. The molecule has 0 unspecified atom stereocenters. The normalized spacial score (nSPS) is 21.2. The minimum atomic E-state index is 0.284. The predicted octanol–water partition coefficient (Wildman–Crippen LogP) is 4.54. The molecule has 4 rings (SSSR count). The highest BCUT2D eigenvalue weighted by molar-refractivity contribution is 5.27. The maximum Gasteiger partial charge on any atom is 0.231 e.